The van der Waals surface area contributed by atoms with Gasteiger partial charge in [-0.25, -0.2) is 8.42 Å². The lowest BCUT2D eigenvalue weighted by Crippen LogP contribution is -2.33. The summed E-state index contributed by atoms with van der Waals surface area (Å²) in [5, 5.41) is 4.38. The molecular formula is C14H16ClNO3S2. The largest absolute Gasteiger partial charge is 0.383 e. The van der Waals surface area contributed by atoms with Crippen molar-refractivity contribution in [1.29, 1.82) is 0 Å². The molecule has 21 heavy (non-hydrogen) atoms. The zero-order valence-corrected chi connectivity index (χ0v) is 13.9. The average Bonchev–Trinajstić information content (AvgIpc) is 2.96. The summed E-state index contributed by atoms with van der Waals surface area (Å²) >= 11 is 7.36. The van der Waals surface area contributed by atoms with E-state index in [4.69, 9.17) is 16.3 Å². The van der Waals surface area contributed by atoms with E-state index >= 15 is 0 Å². The van der Waals surface area contributed by atoms with Gasteiger partial charge in [0.25, 0.3) is 0 Å². The van der Waals surface area contributed by atoms with Crippen LogP contribution in [0.4, 0.5) is 0 Å². The monoisotopic (exact) mass is 345 g/mol. The second-order valence-corrected chi connectivity index (χ2v) is 7.57. The minimum Gasteiger partial charge on any atom is -0.383 e. The van der Waals surface area contributed by atoms with Crippen LogP contribution in [0.5, 0.6) is 0 Å². The normalized spacial score (nSPS) is 12.0. The zero-order chi connectivity index (χ0) is 15.3. The third-order valence-corrected chi connectivity index (χ3v) is 5.78. The van der Waals surface area contributed by atoms with Gasteiger partial charge in [0.15, 0.2) is 0 Å². The van der Waals surface area contributed by atoms with Crippen molar-refractivity contribution in [3.63, 3.8) is 0 Å². The average molecular weight is 346 g/mol. The molecule has 7 heteroatoms. The second-order valence-electron chi connectivity index (χ2n) is 4.42. The van der Waals surface area contributed by atoms with Crippen molar-refractivity contribution >= 4 is 33.0 Å². The lowest BCUT2D eigenvalue weighted by molar-refractivity contribution is 0.177. The molecule has 0 spiro atoms. The van der Waals surface area contributed by atoms with Gasteiger partial charge in [-0.1, -0.05) is 11.6 Å². The van der Waals surface area contributed by atoms with Crippen LogP contribution in [-0.2, 0) is 21.3 Å². The van der Waals surface area contributed by atoms with Crippen molar-refractivity contribution in [2.45, 2.75) is 11.4 Å². The summed E-state index contributed by atoms with van der Waals surface area (Å²) in [6.45, 7) is 0.978. The molecule has 1 aromatic carbocycles. The number of thiophene rings is 1. The number of nitrogens with zero attached hydrogens (tertiary/aromatic N) is 1. The fraction of sp³-hybridized carbons (Fsp3) is 0.286. The van der Waals surface area contributed by atoms with Crippen LogP contribution in [0.15, 0.2) is 46.0 Å². The maximum atomic E-state index is 12.7. The van der Waals surface area contributed by atoms with E-state index in [1.165, 1.54) is 16.4 Å². The highest BCUT2D eigenvalue weighted by Gasteiger charge is 2.24. The van der Waals surface area contributed by atoms with Gasteiger partial charge in [-0.2, -0.15) is 15.6 Å². The summed E-state index contributed by atoms with van der Waals surface area (Å²) in [6, 6.07) is 8.11. The Bertz CT molecular complexity index is 654. The maximum Gasteiger partial charge on any atom is 0.243 e. The molecule has 114 valence electrons. The van der Waals surface area contributed by atoms with Crippen molar-refractivity contribution in [1.82, 2.24) is 4.31 Å². The molecule has 0 radical (unpaired) electrons. The lowest BCUT2D eigenvalue weighted by atomic mass is 10.3. The van der Waals surface area contributed by atoms with Crippen molar-refractivity contribution in [2.75, 3.05) is 20.3 Å². The topological polar surface area (TPSA) is 46.6 Å². The molecule has 0 unspecified atom stereocenters. The Hall–Kier alpha value is -0.920. The van der Waals surface area contributed by atoms with Crippen molar-refractivity contribution in [3.05, 3.63) is 51.7 Å². The maximum absolute atomic E-state index is 12.7. The number of hydrogen-bond donors (Lipinski definition) is 0. The van der Waals surface area contributed by atoms with Gasteiger partial charge in [-0.3, -0.25) is 0 Å². The highest BCUT2D eigenvalue weighted by Crippen LogP contribution is 2.21. The molecule has 0 saturated carbocycles. The van der Waals surface area contributed by atoms with Crippen molar-refractivity contribution in [3.8, 4) is 0 Å². The third-order valence-electron chi connectivity index (χ3n) is 2.94. The fourth-order valence-corrected chi connectivity index (χ4v) is 4.02. The molecule has 4 nitrogen and oxygen atoms in total. The van der Waals surface area contributed by atoms with E-state index in [1.807, 2.05) is 16.8 Å². The number of sulfonamides is 1. The van der Waals surface area contributed by atoms with Crippen LogP contribution >= 0.6 is 22.9 Å². The van der Waals surface area contributed by atoms with E-state index in [2.05, 4.69) is 0 Å². The minimum absolute atomic E-state index is 0.234. The van der Waals surface area contributed by atoms with Gasteiger partial charge in [0.05, 0.1) is 11.5 Å². The van der Waals surface area contributed by atoms with Gasteiger partial charge in [-0.05, 0) is 46.7 Å². The Balaban J connectivity index is 2.27. The van der Waals surface area contributed by atoms with Crippen LogP contribution in [0, 0.1) is 0 Å². The van der Waals surface area contributed by atoms with Crippen LogP contribution < -0.4 is 0 Å². The van der Waals surface area contributed by atoms with E-state index in [0.29, 0.717) is 24.7 Å². The second kappa shape index (κ2) is 7.38. The summed E-state index contributed by atoms with van der Waals surface area (Å²) in [5.41, 5.74) is 0.966. The molecule has 0 N–H and O–H groups in total. The Kier molecular flexibility index (Phi) is 5.78. The Labute approximate surface area is 134 Å². The van der Waals surface area contributed by atoms with E-state index in [-0.39, 0.29) is 4.90 Å². The summed E-state index contributed by atoms with van der Waals surface area (Å²) < 4.78 is 31.8. The lowest BCUT2D eigenvalue weighted by Gasteiger charge is -2.21. The predicted octanol–water partition coefficient (Wildman–Crippen LogP) is 3.24. The van der Waals surface area contributed by atoms with Gasteiger partial charge in [0, 0.05) is 25.2 Å². The third kappa shape index (κ3) is 4.28. The molecule has 2 aromatic rings. The number of rotatable bonds is 7. The predicted molar refractivity (Wildman–Crippen MR) is 85.2 cm³/mol. The van der Waals surface area contributed by atoms with Crippen molar-refractivity contribution in [2.24, 2.45) is 0 Å². The Morgan fingerprint density at radius 1 is 1.24 bits per heavy atom. The molecule has 0 fully saturated rings. The van der Waals surface area contributed by atoms with Gasteiger partial charge >= 0.3 is 0 Å². The summed E-state index contributed by atoms with van der Waals surface area (Å²) in [6.07, 6.45) is 0. The number of halogens is 1. The number of hydrogen-bond acceptors (Lipinski definition) is 4. The molecule has 2 rings (SSSR count). The fourth-order valence-electron chi connectivity index (χ4n) is 1.82. The first kappa shape index (κ1) is 16.5. The molecule has 0 saturated heterocycles. The number of ether oxygens (including phenoxy) is 1. The molecule has 1 aromatic heterocycles. The van der Waals surface area contributed by atoms with Crippen LogP contribution in [-0.4, -0.2) is 33.0 Å². The highest BCUT2D eigenvalue weighted by atomic mass is 35.5. The van der Waals surface area contributed by atoms with Gasteiger partial charge in [0.1, 0.15) is 0 Å². The van der Waals surface area contributed by atoms with Crippen LogP contribution in [0.2, 0.25) is 5.02 Å². The van der Waals surface area contributed by atoms with E-state index in [9.17, 15) is 8.42 Å². The standard InChI is InChI=1S/C14H16ClNO3S2/c1-19-8-7-16(10-12-6-9-20-11-12)21(17,18)14-4-2-13(15)3-5-14/h2-6,9,11H,7-8,10H2,1H3. The summed E-state index contributed by atoms with van der Waals surface area (Å²) in [7, 11) is -2.01. The first-order valence-electron chi connectivity index (χ1n) is 6.30. The van der Waals surface area contributed by atoms with E-state index < -0.39 is 10.0 Å². The quantitative estimate of drug-likeness (QED) is 0.774. The summed E-state index contributed by atoms with van der Waals surface area (Å²) in [5.74, 6) is 0. The minimum atomic E-state index is -3.57. The first-order chi connectivity index (χ1) is 10.0. The number of benzene rings is 1. The molecule has 0 aliphatic carbocycles. The van der Waals surface area contributed by atoms with Gasteiger partial charge in [-0.15, -0.1) is 0 Å². The molecular weight excluding hydrogens is 330 g/mol. The molecule has 0 amide bonds. The van der Waals surface area contributed by atoms with E-state index in [1.54, 1.807) is 30.6 Å². The summed E-state index contributed by atoms with van der Waals surface area (Å²) in [4.78, 5) is 0.234. The molecule has 0 atom stereocenters. The van der Waals surface area contributed by atoms with Gasteiger partial charge in [0.2, 0.25) is 10.0 Å². The van der Waals surface area contributed by atoms with Crippen molar-refractivity contribution < 1.29 is 13.2 Å². The molecule has 0 aliphatic heterocycles. The Morgan fingerprint density at radius 3 is 2.52 bits per heavy atom. The molecule has 1 heterocycles. The SMILES string of the molecule is COCCN(Cc1ccsc1)S(=O)(=O)c1ccc(Cl)cc1. The highest BCUT2D eigenvalue weighted by molar-refractivity contribution is 7.89. The smallest absolute Gasteiger partial charge is 0.243 e. The van der Waals surface area contributed by atoms with Gasteiger partial charge < -0.3 is 4.74 Å². The van der Waals surface area contributed by atoms with Crippen LogP contribution in [0.3, 0.4) is 0 Å². The zero-order valence-electron chi connectivity index (χ0n) is 11.5. The Morgan fingerprint density at radius 2 is 1.95 bits per heavy atom. The van der Waals surface area contributed by atoms with Crippen LogP contribution in [0.1, 0.15) is 5.56 Å². The molecule has 0 bridgehead atoms. The molecule has 0 aliphatic rings. The number of methoxy groups -OCH3 is 1. The van der Waals surface area contributed by atoms with Crippen LogP contribution in [0.25, 0.3) is 0 Å². The van der Waals surface area contributed by atoms with E-state index in [0.717, 1.165) is 5.56 Å². The first-order valence-corrected chi connectivity index (χ1v) is 9.06.